The molecule has 17 heavy (non-hydrogen) atoms. The molecule has 0 amide bonds. The Hall–Kier alpha value is -1.36. The molecule has 2 rings (SSSR count). The van der Waals surface area contributed by atoms with Crippen LogP contribution < -0.4 is 0 Å². The molecule has 4 nitrogen and oxygen atoms in total. The molecule has 1 N–H and O–H groups in total. The van der Waals surface area contributed by atoms with Crippen molar-refractivity contribution in [1.29, 1.82) is 0 Å². The summed E-state index contributed by atoms with van der Waals surface area (Å²) >= 11 is 3.34. The van der Waals surface area contributed by atoms with Crippen LogP contribution >= 0.6 is 15.9 Å². The molecule has 0 saturated carbocycles. The highest BCUT2D eigenvalue weighted by Crippen LogP contribution is 2.31. The molecule has 1 atom stereocenters. The van der Waals surface area contributed by atoms with Crippen LogP contribution in [0.4, 0.5) is 0 Å². The number of hydrogen-bond donors (Lipinski definition) is 1. The van der Waals surface area contributed by atoms with Crippen molar-refractivity contribution < 1.29 is 9.63 Å². The van der Waals surface area contributed by atoms with Gasteiger partial charge in [-0.05, 0) is 24.6 Å². The second-order valence-corrected chi connectivity index (χ2v) is 4.84. The molecule has 0 radical (unpaired) electrons. The number of nitrogens with zero attached hydrogens (tertiary/aromatic N) is 2. The zero-order valence-electron chi connectivity index (χ0n) is 9.64. The van der Waals surface area contributed by atoms with Crippen molar-refractivity contribution in [3.8, 4) is 17.2 Å². The molecule has 2 aromatic rings. The molecule has 0 spiro atoms. The molecule has 0 aliphatic rings. The topological polar surface area (TPSA) is 59.2 Å². The normalized spacial score (nSPS) is 12.6. The second kappa shape index (κ2) is 4.87. The summed E-state index contributed by atoms with van der Waals surface area (Å²) in [7, 11) is 0. The van der Waals surface area contributed by atoms with E-state index in [-0.39, 0.29) is 11.7 Å². The summed E-state index contributed by atoms with van der Waals surface area (Å²) in [6.45, 7) is 4.10. The van der Waals surface area contributed by atoms with Gasteiger partial charge in [0.1, 0.15) is 5.75 Å². The monoisotopic (exact) mass is 296 g/mol. The van der Waals surface area contributed by atoms with Crippen LogP contribution in [0, 0.1) is 0 Å². The predicted molar refractivity (Wildman–Crippen MR) is 67.8 cm³/mol. The largest absolute Gasteiger partial charge is 0.507 e. The molecule has 0 fully saturated rings. The van der Waals surface area contributed by atoms with Crippen molar-refractivity contribution in [1.82, 2.24) is 10.1 Å². The average molecular weight is 297 g/mol. The van der Waals surface area contributed by atoms with Crippen molar-refractivity contribution in [3.05, 3.63) is 28.5 Å². The summed E-state index contributed by atoms with van der Waals surface area (Å²) < 4.78 is 6.02. The molecule has 0 aliphatic heterocycles. The molecule has 1 aromatic carbocycles. The minimum absolute atomic E-state index is 0.132. The molecule has 0 saturated heterocycles. The van der Waals surface area contributed by atoms with Gasteiger partial charge in [0.2, 0.25) is 0 Å². The average Bonchev–Trinajstić information content (AvgIpc) is 2.80. The van der Waals surface area contributed by atoms with Gasteiger partial charge in [-0.25, -0.2) is 0 Å². The lowest BCUT2D eigenvalue weighted by atomic mass is 10.1. The number of phenolic OH excluding ortho intramolecular Hbond substituents is 1. The highest BCUT2D eigenvalue weighted by Gasteiger charge is 2.16. The zero-order valence-corrected chi connectivity index (χ0v) is 11.2. The second-order valence-electron chi connectivity index (χ2n) is 3.93. The summed E-state index contributed by atoms with van der Waals surface area (Å²) in [4.78, 5) is 4.29. The maximum atomic E-state index is 9.74. The zero-order chi connectivity index (χ0) is 12.4. The Morgan fingerprint density at radius 2 is 2.24 bits per heavy atom. The van der Waals surface area contributed by atoms with Crippen LogP contribution in [0.1, 0.15) is 32.0 Å². The van der Waals surface area contributed by atoms with E-state index in [1.54, 1.807) is 18.2 Å². The number of phenols is 1. The van der Waals surface area contributed by atoms with E-state index in [1.165, 1.54) is 0 Å². The van der Waals surface area contributed by atoms with E-state index in [0.717, 1.165) is 10.9 Å². The lowest BCUT2D eigenvalue weighted by Crippen LogP contribution is -1.93. The van der Waals surface area contributed by atoms with Crippen molar-refractivity contribution >= 4 is 15.9 Å². The third kappa shape index (κ3) is 2.49. The van der Waals surface area contributed by atoms with Crippen LogP contribution in [0.2, 0.25) is 0 Å². The first-order valence-electron chi connectivity index (χ1n) is 5.44. The first-order valence-corrected chi connectivity index (χ1v) is 6.23. The number of halogens is 1. The molecule has 1 unspecified atom stereocenters. The van der Waals surface area contributed by atoms with Gasteiger partial charge in [-0.2, -0.15) is 4.98 Å². The summed E-state index contributed by atoms with van der Waals surface area (Å²) in [5.41, 5.74) is 0.543. The van der Waals surface area contributed by atoms with E-state index < -0.39 is 0 Å². The van der Waals surface area contributed by atoms with Crippen molar-refractivity contribution in [3.63, 3.8) is 0 Å². The van der Waals surface area contributed by atoms with Gasteiger partial charge in [0.15, 0.2) is 5.82 Å². The fourth-order valence-corrected chi connectivity index (χ4v) is 1.77. The molecule has 1 aromatic heterocycles. The Balaban J connectivity index is 2.40. The summed E-state index contributed by atoms with van der Waals surface area (Å²) in [5.74, 6) is 1.40. The van der Waals surface area contributed by atoms with Gasteiger partial charge in [0.05, 0.1) is 5.56 Å². The standard InChI is InChI=1S/C12H13BrN2O2/c1-3-7(2)11-14-12(17-15-11)9-6-8(13)4-5-10(9)16/h4-7,16H,3H2,1-2H3. The highest BCUT2D eigenvalue weighted by molar-refractivity contribution is 9.10. The first-order chi connectivity index (χ1) is 8.11. The molecule has 90 valence electrons. The third-order valence-electron chi connectivity index (χ3n) is 2.68. The maximum Gasteiger partial charge on any atom is 0.261 e. The van der Waals surface area contributed by atoms with E-state index in [4.69, 9.17) is 4.52 Å². The van der Waals surface area contributed by atoms with E-state index in [0.29, 0.717) is 17.3 Å². The molecular weight excluding hydrogens is 284 g/mol. The predicted octanol–water partition coefficient (Wildman–Crippen LogP) is 3.72. The number of rotatable bonds is 3. The fourth-order valence-electron chi connectivity index (χ4n) is 1.41. The Labute approximate surface area is 108 Å². The number of aromatic hydroxyl groups is 1. The number of hydrogen-bond acceptors (Lipinski definition) is 4. The molecule has 1 heterocycles. The van der Waals surface area contributed by atoms with Gasteiger partial charge in [-0.1, -0.05) is 34.9 Å². The fraction of sp³-hybridized carbons (Fsp3) is 0.333. The Morgan fingerprint density at radius 1 is 1.47 bits per heavy atom. The number of benzene rings is 1. The van der Waals surface area contributed by atoms with E-state index >= 15 is 0 Å². The Bertz CT molecular complexity index is 525. The van der Waals surface area contributed by atoms with Gasteiger partial charge >= 0.3 is 0 Å². The molecule has 0 bridgehead atoms. The minimum Gasteiger partial charge on any atom is -0.507 e. The minimum atomic E-state index is 0.132. The van der Waals surface area contributed by atoms with Crippen molar-refractivity contribution in [2.45, 2.75) is 26.2 Å². The summed E-state index contributed by atoms with van der Waals surface area (Å²) in [6, 6.07) is 5.10. The van der Waals surface area contributed by atoms with Gasteiger partial charge in [-0.3, -0.25) is 0 Å². The van der Waals surface area contributed by atoms with E-state index in [2.05, 4.69) is 33.0 Å². The van der Waals surface area contributed by atoms with Crippen LogP contribution in [0.25, 0.3) is 11.5 Å². The third-order valence-corrected chi connectivity index (χ3v) is 3.18. The van der Waals surface area contributed by atoms with Crippen molar-refractivity contribution in [2.24, 2.45) is 0 Å². The van der Waals surface area contributed by atoms with Crippen LogP contribution in [-0.2, 0) is 0 Å². The number of aromatic nitrogens is 2. The van der Waals surface area contributed by atoms with Gasteiger partial charge in [0.25, 0.3) is 5.89 Å². The van der Waals surface area contributed by atoms with Crippen LogP contribution in [0.15, 0.2) is 27.2 Å². The van der Waals surface area contributed by atoms with E-state index in [9.17, 15) is 5.11 Å². The summed E-state index contributed by atoms with van der Waals surface area (Å²) in [5, 5.41) is 13.7. The molecule has 0 aliphatic carbocycles. The maximum absolute atomic E-state index is 9.74. The molecular formula is C12H13BrN2O2. The Morgan fingerprint density at radius 3 is 2.94 bits per heavy atom. The highest BCUT2D eigenvalue weighted by atomic mass is 79.9. The molecule has 5 heteroatoms. The lowest BCUT2D eigenvalue weighted by molar-refractivity contribution is 0.412. The van der Waals surface area contributed by atoms with E-state index in [1.807, 2.05) is 6.92 Å². The van der Waals surface area contributed by atoms with Crippen LogP contribution in [0.3, 0.4) is 0 Å². The van der Waals surface area contributed by atoms with Crippen molar-refractivity contribution in [2.75, 3.05) is 0 Å². The quantitative estimate of drug-likeness (QED) is 0.938. The smallest absolute Gasteiger partial charge is 0.261 e. The Kier molecular flexibility index (Phi) is 3.47. The lowest BCUT2D eigenvalue weighted by Gasteiger charge is -2.00. The summed E-state index contributed by atoms with van der Waals surface area (Å²) in [6.07, 6.45) is 0.948. The van der Waals surface area contributed by atoms with Gasteiger partial charge < -0.3 is 9.63 Å². The van der Waals surface area contributed by atoms with Crippen LogP contribution in [-0.4, -0.2) is 15.2 Å². The SMILES string of the molecule is CCC(C)c1noc(-c2cc(Br)ccc2O)n1. The van der Waals surface area contributed by atoms with Gasteiger partial charge in [-0.15, -0.1) is 0 Å². The first kappa shape index (κ1) is 12.1. The van der Waals surface area contributed by atoms with Crippen LogP contribution in [0.5, 0.6) is 5.75 Å². The van der Waals surface area contributed by atoms with Gasteiger partial charge in [0, 0.05) is 10.4 Å².